The number of methoxy groups -OCH3 is 1. The first kappa shape index (κ1) is 14.3. The third kappa shape index (κ3) is 3.44. The van der Waals surface area contributed by atoms with Crippen LogP contribution in [0.3, 0.4) is 0 Å². The van der Waals surface area contributed by atoms with Crippen LogP contribution < -0.4 is 10.6 Å². The molecule has 0 saturated carbocycles. The molecule has 6 heteroatoms. The standard InChI is InChI=1S/C13H17BrN4O/c1-19-9-13(3-2-4-18-13)8-17-12-10(6-15)5-11(14)7-16-12/h5,7,18H,2-4,8-9H2,1H3,(H,16,17). The topological polar surface area (TPSA) is 70.0 Å². The average Bonchev–Trinajstić information content (AvgIpc) is 2.86. The molecule has 0 radical (unpaired) electrons. The van der Waals surface area contributed by atoms with E-state index in [1.165, 1.54) is 0 Å². The Labute approximate surface area is 121 Å². The molecule has 102 valence electrons. The molecule has 2 heterocycles. The molecule has 1 aliphatic rings. The van der Waals surface area contributed by atoms with Gasteiger partial charge in [-0.1, -0.05) is 0 Å². The van der Waals surface area contributed by atoms with Crippen LogP contribution in [-0.4, -0.2) is 37.3 Å². The van der Waals surface area contributed by atoms with E-state index in [4.69, 9.17) is 10.00 Å². The van der Waals surface area contributed by atoms with Crippen molar-refractivity contribution in [1.82, 2.24) is 10.3 Å². The van der Waals surface area contributed by atoms with Gasteiger partial charge in [0, 0.05) is 24.3 Å². The van der Waals surface area contributed by atoms with Crippen molar-refractivity contribution < 1.29 is 4.74 Å². The number of nitrogens with one attached hydrogen (secondary N) is 2. The van der Waals surface area contributed by atoms with E-state index in [0.717, 1.165) is 23.9 Å². The summed E-state index contributed by atoms with van der Waals surface area (Å²) in [6, 6.07) is 3.91. The number of rotatable bonds is 5. The largest absolute Gasteiger partial charge is 0.383 e. The van der Waals surface area contributed by atoms with Gasteiger partial charge in [0.05, 0.1) is 17.7 Å². The van der Waals surface area contributed by atoms with Gasteiger partial charge in [-0.3, -0.25) is 0 Å². The molecule has 0 aliphatic carbocycles. The maximum Gasteiger partial charge on any atom is 0.144 e. The van der Waals surface area contributed by atoms with Crippen molar-refractivity contribution >= 4 is 21.7 Å². The molecule has 1 aliphatic heterocycles. The number of aromatic nitrogens is 1. The fourth-order valence-corrected chi connectivity index (χ4v) is 2.72. The van der Waals surface area contributed by atoms with Gasteiger partial charge in [0.2, 0.25) is 0 Å². The molecule has 1 atom stereocenters. The molecule has 1 saturated heterocycles. The molecule has 0 amide bonds. The lowest BCUT2D eigenvalue weighted by molar-refractivity contribution is 0.127. The molecule has 0 aromatic carbocycles. The van der Waals surface area contributed by atoms with Crippen molar-refractivity contribution in [2.75, 3.05) is 32.1 Å². The van der Waals surface area contributed by atoms with E-state index in [2.05, 4.69) is 37.6 Å². The zero-order valence-electron chi connectivity index (χ0n) is 10.9. The first-order valence-corrected chi connectivity index (χ1v) is 7.02. The maximum atomic E-state index is 9.11. The van der Waals surface area contributed by atoms with Gasteiger partial charge < -0.3 is 15.4 Å². The van der Waals surface area contributed by atoms with Crippen molar-refractivity contribution in [2.45, 2.75) is 18.4 Å². The second kappa shape index (κ2) is 6.33. The smallest absolute Gasteiger partial charge is 0.144 e. The normalized spacial score (nSPS) is 22.2. The van der Waals surface area contributed by atoms with Gasteiger partial charge in [0.15, 0.2) is 0 Å². The second-order valence-corrected chi connectivity index (χ2v) is 5.67. The quantitative estimate of drug-likeness (QED) is 0.865. The minimum Gasteiger partial charge on any atom is -0.383 e. The molecule has 0 bridgehead atoms. The summed E-state index contributed by atoms with van der Waals surface area (Å²) in [6.07, 6.45) is 3.89. The fourth-order valence-electron chi connectivity index (χ4n) is 2.39. The Bertz CT molecular complexity index is 480. The van der Waals surface area contributed by atoms with Crippen molar-refractivity contribution in [1.29, 1.82) is 5.26 Å². The summed E-state index contributed by atoms with van der Waals surface area (Å²) in [5.74, 6) is 0.620. The maximum absolute atomic E-state index is 9.11. The highest BCUT2D eigenvalue weighted by atomic mass is 79.9. The average molecular weight is 325 g/mol. The molecule has 2 rings (SSSR count). The summed E-state index contributed by atoms with van der Waals surface area (Å²) >= 11 is 3.32. The van der Waals surface area contributed by atoms with Crippen LogP contribution in [0.2, 0.25) is 0 Å². The van der Waals surface area contributed by atoms with Gasteiger partial charge >= 0.3 is 0 Å². The molecule has 19 heavy (non-hydrogen) atoms. The summed E-state index contributed by atoms with van der Waals surface area (Å²) in [4.78, 5) is 4.25. The molecule has 1 aromatic rings. The van der Waals surface area contributed by atoms with Crippen LogP contribution in [0.4, 0.5) is 5.82 Å². The number of nitrogens with zero attached hydrogens (tertiary/aromatic N) is 2. The number of hydrogen-bond donors (Lipinski definition) is 2. The Hall–Kier alpha value is -1.16. The summed E-state index contributed by atoms with van der Waals surface area (Å²) < 4.78 is 6.10. The Kier molecular flexibility index (Phi) is 4.75. The number of hydrogen-bond acceptors (Lipinski definition) is 5. The summed E-state index contributed by atoms with van der Waals surface area (Å²) in [6.45, 7) is 2.35. The van der Waals surface area contributed by atoms with Gasteiger partial charge in [-0.15, -0.1) is 0 Å². The van der Waals surface area contributed by atoms with Crippen LogP contribution in [0.25, 0.3) is 0 Å². The van der Waals surface area contributed by atoms with Crippen LogP contribution in [-0.2, 0) is 4.74 Å². The van der Waals surface area contributed by atoms with Crippen LogP contribution in [0.15, 0.2) is 16.7 Å². The lowest BCUT2D eigenvalue weighted by atomic mass is 9.98. The van der Waals surface area contributed by atoms with E-state index in [1.54, 1.807) is 19.4 Å². The van der Waals surface area contributed by atoms with Gasteiger partial charge in [-0.05, 0) is 41.4 Å². The van der Waals surface area contributed by atoms with E-state index in [9.17, 15) is 0 Å². The van der Waals surface area contributed by atoms with Crippen LogP contribution in [0.1, 0.15) is 18.4 Å². The Morgan fingerprint density at radius 1 is 1.68 bits per heavy atom. The monoisotopic (exact) mass is 324 g/mol. The summed E-state index contributed by atoms with van der Waals surface area (Å²) in [5, 5.41) is 15.9. The Morgan fingerprint density at radius 3 is 3.16 bits per heavy atom. The van der Waals surface area contributed by atoms with Gasteiger partial charge in [0.25, 0.3) is 0 Å². The number of ether oxygens (including phenoxy) is 1. The van der Waals surface area contributed by atoms with Crippen LogP contribution in [0.5, 0.6) is 0 Å². The highest BCUT2D eigenvalue weighted by Crippen LogP contribution is 2.22. The van der Waals surface area contributed by atoms with Gasteiger partial charge in [-0.2, -0.15) is 5.26 Å². The number of anilines is 1. The predicted molar refractivity (Wildman–Crippen MR) is 77.0 cm³/mol. The van der Waals surface area contributed by atoms with Crippen molar-refractivity contribution in [2.24, 2.45) is 0 Å². The van der Waals surface area contributed by atoms with Crippen LogP contribution in [0, 0.1) is 11.3 Å². The van der Waals surface area contributed by atoms with Crippen molar-refractivity contribution in [3.05, 3.63) is 22.3 Å². The highest BCUT2D eigenvalue weighted by molar-refractivity contribution is 9.10. The molecular weight excluding hydrogens is 308 g/mol. The fraction of sp³-hybridized carbons (Fsp3) is 0.538. The van der Waals surface area contributed by atoms with E-state index in [0.29, 0.717) is 24.5 Å². The van der Waals surface area contributed by atoms with E-state index < -0.39 is 0 Å². The SMILES string of the molecule is COCC1(CNc2ncc(Br)cc2C#N)CCCN1. The molecule has 0 spiro atoms. The van der Waals surface area contributed by atoms with E-state index >= 15 is 0 Å². The highest BCUT2D eigenvalue weighted by Gasteiger charge is 2.33. The van der Waals surface area contributed by atoms with Gasteiger partial charge in [-0.25, -0.2) is 4.98 Å². The summed E-state index contributed by atoms with van der Waals surface area (Å²) in [7, 11) is 1.71. The van der Waals surface area contributed by atoms with E-state index in [1.807, 2.05) is 0 Å². The molecule has 5 nitrogen and oxygen atoms in total. The summed E-state index contributed by atoms with van der Waals surface area (Å²) in [5.41, 5.74) is 0.482. The Balaban J connectivity index is 2.07. The minimum atomic E-state index is -0.0593. The first-order chi connectivity index (χ1) is 9.19. The minimum absolute atomic E-state index is 0.0593. The third-order valence-electron chi connectivity index (χ3n) is 3.32. The molecule has 1 unspecified atom stereocenters. The molecule has 1 aromatic heterocycles. The van der Waals surface area contributed by atoms with Gasteiger partial charge in [0.1, 0.15) is 11.9 Å². The number of pyridine rings is 1. The van der Waals surface area contributed by atoms with E-state index in [-0.39, 0.29) is 5.54 Å². The van der Waals surface area contributed by atoms with Crippen LogP contribution >= 0.6 is 15.9 Å². The lowest BCUT2D eigenvalue weighted by Gasteiger charge is -2.29. The predicted octanol–water partition coefficient (Wildman–Crippen LogP) is 1.90. The van der Waals surface area contributed by atoms with Crippen molar-refractivity contribution in [3.63, 3.8) is 0 Å². The molecule has 1 fully saturated rings. The lowest BCUT2D eigenvalue weighted by Crippen LogP contribution is -2.49. The first-order valence-electron chi connectivity index (χ1n) is 6.23. The molecular formula is C13H17BrN4O. The number of halogens is 1. The Morgan fingerprint density at radius 2 is 2.53 bits per heavy atom. The van der Waals surface area contributed by atoms with Crippen molar-refractivity contribution in [3.8, 4) is 6.07 Å². The molecule has 2 N–H and O–H groups in total. The zero-order chi connectivity index (χ0) is 13.7. The second-order valence-electron chi connectivity index (χ2n) is 4.76. The zero-order valence-corrected chi connectivity index (χ0v) is 12.5. The number of nitriles is 1. The third-order valence-corrected chi connectivity index (χ3v) is 3.76.